The normalized spacial score (nSPS) is 24.4. The molecule has 1 heteroatoms. The van der Waals surface area contributed by atoms with E-state index in [1.54, 1.807) is 6.92 Å². The predicted octanol–water partition coefficient (Wildman–Crippen LogP) is 3.02. The van der Waals surface area contributed by atoms with E-state index in [4.69, 9.17) is 0 Å². The maximum Gasteiger partial charge on any atom is 0.137 e. The van der Waals surface area contributed by atoms with Crippen molar-refractivity contribution in [3.63, 3.8) is 0 Å². The average Bonchev–Trinajstić information content (AvgIpc) is 2.17. The Hall–Kier alpha value is -1.37. The summed E-state index contributed by atoms with van der Waals surface area (Å²) in [4.78, 5) is 11.5. The van der Waals surface area contributed by atoms with Gasteiger partial charge in [0.25, 0.3) is 0 Å². The molecule has 14 heavy (non-hydrogen) atoms. The third-order valence-corrected chi connectivity index (χ3v) is 2.87. The van der Waals surface area contributed by atoms with E-state index in [-0.39, 0.29) is 11.7 Å². The van der Waals surface area contributed by atoms with Crippen molar-refractivity contribution in [2.75, 3.05) is 0 Å². The van der Waals surface area contributed by atoms with Crippen LogP contribution in [0.4, 0.5) is 0 Å². The fourth-order valence-corrected chi connectivity index (χ4v) is 2.18. The second kappa shape index (κ2) is 3.41. The van der Waals surface area contributed by atoms with Gasteiger partial charge in [0.2, 0.25) is 0 Å². The molecule has 0 aromatic heterocycles. The average molecular weight is 186 g/mol. The highest BCUT2D eigenvalue weighted by molar-refractivity contribution is 5.86. The maximum atomic E-state index is 11.5. The Balaban J connectivity index is 2.53. The van der Waals surface area contributed by atoms with Crippen molar-refractivity contribution in [2.45, 2.75) is 19.8 Å². The number of hydrogen-bond acceptors (Lipinski definition) is 1. The summed E-state index contributed by atoms with van der Waals surface area (Å²) in [7, 11) is 0. The summed E-state index contributed by atoms with van der Waals surface area (Å²) in [5.41, 5.74) is 2.36. The van der Waals surface area contributed by atoms with Crippen LogP contribution in [0.3, 0.4) is 0 Å². The molecule has 1 aromatic carbocycles. The molecular weight excluding hydrogens is 172 g/mol. The molecule has 1 aliphatic rings. The molecule has 0 radical (unpaired) electrons. The van der Waals surface area contributed by atoms with Crippen molar-refractivity contribution >= 4 is 11.9 Å². The quantitative estimate of drug-likeness (QED) is 0.659. The molecule has 0 fully saturated rings. The lowest BCUT2D eigenvalue weighted by Gasteiger charge is -2.24. The number of hydrogen-bond donors (Lipinski definition) is 0. The maximum absolute atomic E-state index is 11.5. The monoisotopic (exact) mass is 186 g/mol. The molecule has 0 aliphatic heterocycles. The highest BCUT2D eigenvalue weighted by Gasteiger charge is 2.26. The first-order valence-electron chi connectivity index (χ1n) is 4.97. The molecule has 0 amide bonds. The molecular formula is C13H14O. The zero-order valence-electron chi connectivity index (χ0n) is 8.53. The van der Waals surface area contributed by atoms with Crippen LogP contribution in [0.5, 0.6) is 0 Å². The summed E-state index contributed by atoms with van der Waals surface area (Å²) in [6.45, 7) is 3.77. The van der Waals surface area contributed by atoms with Gasteiger partial charge in [0, 0.05) is 5.92 Å². The zero-order chi connectivity index (χ0) is 10.1. The Morgan fingerprint density at radius 1 is 1.29 bits per heavy atom. The van der Waals surface area contributed by atoms with Crippen LogP contribution in [-0.2, 0) is 4.79 Å². The van der Waals surface area contributed by atoms with Gasteiger partial charge in [-0.15, -0.1) is 0 Å². The minimum Gasteiger partial charge on any atom is -0.299 e. The van der Waals surface area contributed by atoms with Crippen molar-refractivity contribution in [1.29, 1.82) is 0 Å². The van der Waals surface area contributed by atoms with Gasteiger partial charge in [-0.25, -0.2) is 0 Å². The van der Waals surface area contributed by atoms with E-state index in [0.717, 1.165) is 0 Å². The van der Waals surface area contributed by atoms with Gasteiger partial charge in [-0.1, -0.05) is 43.3 Å². The van der Waals surface area contributed by atoms with Crippen LogP contribution in [-0.4, -0.2) is 5.78 Å². The van der Waals surface area contributed by atoms with E-state index in [9.17, 15) is 4.79 Å². The highest BCUT2D eigenvalue weighted by atomic mass is 16.1. The van der Waals surface area contributed by atoms with Gasteiger partial charge in [0.1, 0.15) is 5.78 Å². The number of carbonyl (C=O) groups is 1. The van der Waals surface area contributed by atoms with E-state index >= 15 is 0 Å². The van der Waals surface area contributed by atoms with Crippen molar-refractivity contribution in [1.82, 2.24) is 0 Å². The van der Waals surface area contributed by atoms with Gasteiger partial charge in [0.05, 0.1) is 0 Å². The Kier molecular flexibility index (Phi) is 2.24. The van der Waals surface area contributed by atoms with E-state index in [1.807, 2.05) is 12.1 Å². The van der Waals surface area contributed by atoms with E-state index < -0.39 is 0 Å². The molecule has 2 atom stereocenters. The first kappa shape index (κ1) is 9.20. The second-order valence-electron chi connectivity index (χ2n) is 3.94. The Bertz CT molecular complexity index is 390. The van der Waals surface area contributed by atoms with E-state index in [0.29, 0.717) is 5.92 Å². The number of benzene rings is 1. The van der Waals surface area contributed by atoms with Gasteiger partial charge in [-0.3, -0.25) is 4.79 Å². The van der Waals surface area contributed by atoms with Crippen LogP contribution in [0.25, 0.3) is 6.08 Å². The van der Waals surface area contributed by atoms with E-state index in [2.05, 4.69) is 31.2 Å². The van der Waals surface area contributed by atoms with Crippen molar-refractivity contribution in [3.8, 4) is 0 Å². The summed E-state index contributed by atoms with van der Waals surface area (Å²) < 4.78 is 0. The van der Waals surface area contributed by atoms with Crippen molar-refractivity contribution in [2.24, 2.45) is 5.92 Å². The van der Waals surface area contributed by atoms with Gasteiger partial charge in [0.15, 0.2) is 0 Å². The van der Waals surface area contributed by atoms with Gasteiger partial charge in [-0.05, 0) is 24.0 Å². The summed E-state index contributed by atoms with van der Waals surface area (Å²) in [6, 6.07) is 8.13. The SMILES string of the molecule is CC(=O)C1c2ccccc2C=CC1C. The van der Waals surface area contributed by atoms with Crippen molar-refractivity contribution in [3.05, 3.63) is 41.5 Å². The molecule has 2 unspecified atom stereocenters. The summed E-state index contributed by atoms with van der Waals surface area (Å²) in [5, 5.41) is 0. The number of Topliss-reactive ketones (excluding diaryl/α,β-unsaturated/α-hetero) is 1. The molecule has 0 bridgehead atoms. The molecule has 0 N–H and O–H groups in total. The lowest BCUT2D eigenvalue weighted by molar-refractivity contribution is -0.119. The van der Waals surface area contributed by atoms with Crippen LogP contribution >= 0.6 is 0 Å². The Labute approximate surface area is 84.5 Å². The topological polar surface area (TPSA) is 17.1 Å². The van der Waals surface area contributed by atoms with Crippen molar-refractivity contribution < 1.29 is 4.79 Å². The molecule has 0 saturated heterocycles. The largest absolute Gasteiger partial charge is 0.299 e. The molecule has 1 nitrogen and oxygen atoms in total. The van der Waals surface area contributed by atoms with Gasteiger partial charge < -0.3 is 0 Å². The van der Waals surface area contributed by atoms with Crippen LogP contribution < -0.4 is 0 Å². The molecule has 0 saturated carbocycles. The number of rotatable bonds is 1. The molecule has 1 aliphatic carbocycles. The van der Waals surface area contributed by atoms with Crippen LogP contribution in [0.15, 0.2) is 30.3 Å². The first-order valence-corrected chi connectivity index (χ1v) is 4.97. The fraction of sp³-hybridized carbons (Fsp3) is 0.308. The Morgan fingerprint density at radius 2 is 2.00 bits per heavy atom. The minimum absolute atomic E-state index is 0.0520. The molecule has 72 valence electrons. The number of carbonyl (C=O) groups excluding carboxylic acids is 1. The van der Waals surface area contributed by atoms with Crippen LogP contribution in [0.2, 0.25) is 0 Å². The molecule has 0 heterocycles. The minimum atomic E-state index is 0.0520. The smallest absolute Gasteiger partial charge is 0.137 e. The molecule has 0 spiro atoms. The third kappa shape index (κ3) is 1.39. The summed E-state index contributed by atoms with van der Waals surface area (Å²) >= 11 is 0. The lowest BCUT2D eigenvalue weighted by atomic mass is 9.78. The zero-order valence-corrected chi connectivity index (χ0v) is 8.53. The Morgan fingerprint density at radius 3 is 2.71 bits per heavy atom. The van der Waals surface area contributed by atoms with Gasteiger partial charge in [-0.2, -0.15) is 0 Å². The summed E-state index contributed by atoms with van der Waals surface area (Å²) in [6.07, 6.45) is 4.23. The predicted molar refractivity (Wildman–Crippen MR) is 58.1 cm³/mol. The molecule has 1 aromatic rings. The summed E-state index contributed by atoms with van der Waals surface area (Å²) in [5.74, 6) is 0.632. The number of ketones is 1. The van der Waals surface area contributed by atoms with Gasteiger partial charge >= 0.3 is 0 Å². The fourth-order valence-electron chi connectivity index (χ4n) is 2.18. The highest BCUT2D eigenvalue weighted by Crippen LogP contribution is 2.34. The van der Waals surface area contributed by atoms with Crippen LogP contribution in [0.1, 0.15) is 30.9 Å². The first-order chi connectivity index (χ1) is 6.70. The molecule has 2 rings (SSSR count). The standard InChI is InChI=1S/C13H14O/c1-9-7-8-11-5-3-4-6-12(11)13(9)10(2)14/h3-9,13H,1-2H3. The van der Waals surface area contributed by atoms with E-state index in [1.165, 1.54) is 11.1 Å². The number of fused-ring (bicyclic) bond motifs is 1. The van der Waals surface area contributed by atoms with Crippen LogP contribution in [0, 0.1) is 5.92 Å². The second-order valence-corrected chi connectivity index (χ2v) is 3.94. The lowest BCUT2D eigenvalue weighted by Crippen LogP contribution is -2.19. The number of allylic oxidation sites excluding steroid dienone is 1. The third-order valence-electron chi connectivity index (χ3n) is 2.87.